The second-order valence-electron chi connectivity index (χ2n) is 8.38. The van der Waals surface area contributed by atoms with Crippen molar-refractivity contribution >= 4 is 10.9 Å². The molecule has 134 valence electrons. The number of rotatable bonds is 3. The molecule has 0 radical (unpaired) electrons. The molecular weight excluding hydrogens is 308 g/mol. The fourth-order valence-corrected chi connectivity index (χ4v) is 5.41. The highest BCUT2D eigenvalue weighted by Gasteiger charge is 2.33. The molecule has 3 aliphatic rings. The van der Waals surface area contributed by atoms with E-state index in [-0.39, 0.29) is 0 Å². The number of H-pyrrole nitrogens is 1. The highest BCUT2D eigenvalue weighted by Crippen LogP contribution is 2.39. The first-order valence-electron chi connectivity index (χ1n) is 10.4. The van der Waals surface area contributed by atoms with Crippen molar-refractivity contribution in [1.82, 2.24) is 9.88 Å². The number of aromatic nitrogens is 1. The third-order valence-corrected chi connectivity index (χ3v) is 6.80. The average Bonchev–Trinajstić information content (AvgIpc) is 3.28. The molecule has 1 N–H and O–H groups in total. The lowest BCUT2D eigenvalue weighted by atomic mass is 9.85. The molecule has 0 spiro atoms. The molecular formula is C22H30N2O. The molecule has 0 amide bonds. The third kappa shape index (κ3) is 3.08. The Morgan fingerprint density at radius 1 is 0.960 bits per heavy atom. The summed E-state index contributed by atoms with van der Waals surface area (Å²) in [5.74, 6) is 1.77. The zero-order valence-electron chi connectivity index (χ0n) is 15.2. The van der Waals surface area contributed by atoms with Crippen molar-refractivity contribution in [3.8, 4) is 5.75 Å². The number of fused-ring (bicyclic) bond motifs is 2. The van der Waals surface area contributed by atoms with Crippen LogP contribution in [0.25, 0.3) is 10.9 Å². The molecule has 3 fully saturated rings. The van der Waals surface area contributed by atoms with Gasteiger partial charge in [0.15, 0.2) is 0 Å². The van der Waals surface area contributed by atoms with Crippen molar-refractivity contribution in [2.45, 2.75) is 75.9 Å². The Hall–Kier alpha value is -1.48. The molecule has 0 unspecified atom stereocenters. The second-order valence-corrected chi connectivity index (χ2v) is 8.38. The molecule has 2 aromatic rings. The summed E-state index contributed by atoms with van der Waals surface area (Å²) >= 11 is 0. The minimum absolute atomic E-state index is 0.426. The van der Waals surface area contributed by atoms with Crippen LogP contribution in [0.15, 0.2) is 24.4 Å². The summed E-state index contributed by atoms with van der Waals surface area (Å²) in [6.45, 7) is 2.60. The number of nitrogens with one attached hydrogen (secondary N) is 1. The number of benzene rings is 1. The number of hydrogen-bond donors (Lipinski definition) is 1. The Balaban J connectivity index is 1.38. The zero-order valence-corrected chi connectivity index (χ0v) is 15.2. The molecule has 3 heteroatoms. The Morgan fingerprint density at radius 3 is 2.80 bits per heavy atom. The number of hydrogen-bond acceptors (Lipinski definition) is 2. The van der Waals surface area contributed by atoms with Crippen molar-refractivity contribution < 1.29 is 4.74 Å². The van der Waals surface area contributed by atoms with Crippen LogP contribution in [0.4, 0.5) is 0 Å². The Morgan fingerprint density at radius 2 is 1.88 bits per heavy atom. The molecule has 1 aliphatic carbocycles. The van der Waals surface area contributed by atoms with Gasteiger partial charge >= 0.3 is 0 Å². The molecule has 5 rings (SSSR count). The van der Waals surface area contributed by atoms with Gasteiger partial charge < -0.3 is 14.6 Å². The molecule has 3 nitrogen and oxygen atoms in total. The maximum absolute atomic E-state index is 6.32. The first-order valence-corrected chi connectivity index (χ1v) is 10.4. The summed E-state index contributed by atoms with van der Waals surface area (Å²) in [6, 6.07) is 7.49. The standard InChI is InChI=1S/C22H30N2O/c1-2-6-18(7-3-1)25-19-8-9-22-20(14-19)21(15-23-22)16-10-12-24-11-4-5-17(24)13-16/h8-9,14-18,23H,1-7,10-13H2/t16-,17+/m0/s1. The van der Waals surface area contributed by atoms with E-state index in [2.05, 4.69) is 34.3 Å². The van der Waals surface area contributed by atoms with E-state index in [0.29, 0.717) is 12.0 Å². The topological polar surface area (TPSA) is 28.3 Å². The summed E-state index contributed by atoms with van der Waals surface area (Å²) in [6.07, 6.45) is 14.6. The largest absolute Gasteiger partial charge is 0.490 e. The van der Waals surface area contributed by atoms with Gasteiger partial charge in [-0.2, -0.15) is 0 Å². The van der Waals surface area contributed by atoms with Gasteiger partial charge in [-0.05, 0) is 94.1 Å². The molecule has 25 heavy (non-hydrogen) atoms. The van der Waals surface area contributed by atoms with Crippen molar-refractivity contribution in [2.24, 2.45) is 0 Å². The lowest BCUT2D eigenvalue weighted by Gasteiger charge is -2.34. The fraction of sp³-hybridized carbons (Fsp3) is 0.636. The average molecular weight is 338 g/mol. The lowest BCUT2D eigenvalue weighted by molar-refractivity contribution is 0.155. The van der Waals surface area contributed by atoms with Crippen LogP contribution in [0.1, 0.15) is 69.3 Å². The van der Waals surface area contributed by atoms with Gasteiger partial charge in [0.25, 0.3) is 0 Å². The molecule has 2 saturated heterocycles. The number of ether oxygens (including phenoxy) is 1. The Bertz CT molecular complexity index is 731. The van der Waals surface area contributed by atoms with E-state index in [1.54, 1.807) is 0 Å². The van der Waals surface area contributed by atoms with Gasteiger partial charge in [-0.15, -0.1) is 0 Å². The van der Waals surface area contributed by atoms with Gasteiger partial charge in [0.2, 0.25) is 0 Å². The molecule has 1 aromatic heterocycles. The van der Waals surface area contributed by atoms with Gasteiger partial charge in [-0.25, -0.2) is 0 Å². The minimum atomic E-state index is 0.426. The van der Waals surface area contributed by atoms with Crippen LogP contribution in [0, 0.1) is 0 Å². The van der Waals surface area contributed by atoms with Crippen molar-refractivity contribution in [1.29, 1.82) is 0 Å². The van der Waals surface area contributed by atoms with Gasteiger partial charge in [0.05, 0.1) is 6.10 Å². The maximum Gasteiger partial charge on any atom is 0.120 e. The van der Waals surface area contributed by atoms with Crippen LogP contribution >= 0.6 is 0 Å². The van der Waals surface area contributed by atoms with Crippen LogP contribution in [-0.4, -0.2) is 35.1 Å². The molecule has 1 aromatic carbocycles. The molecule has 0 bridgehead atoms. The molecule has 2 aliphatic heterocycles. The highest BCUT2D eigenvalue weighted by molar-refractivity contribution is 5.85. The zero-order chi connectivity index (χ0) is 16.6. The third-order valence-electron chi connectivity index (χ3n) is 6.80. The van der Waals surface area contributed by atoms with Crippen LogP contribution < -0.4 is 4.74 Å². The Labute approximate surface area is 150 Å². The smallest absolute Gasteiger partial charge is 0.120 e. The fourth-order valence-electron chi connectivity index (χ4n) is 5.41. The summed E-state index contributed by atoms with van der Waals surface area (Å²) in [5.41, 5.74) is 2.79. The van der Waals surface area contributed by atoms with E-state index < -0.39 is 0 Å². The minimum Gasteiger partial charge on any atom is -0.490 e. The lowest BCUT2D eigenvalue weighted by Crippen LogP contribution is -2.37. The van der Waals surface area contributed by atoms with E-state index >= 15 is 0 Å². The summed E-state index contributed by atoms with van der Waals surface area (Å²) in [5, 5.41) is 1.39. The quantitative estimate of drug-likeness (QED) is 0.831. The molecule has 1 saturated carbocycles. The second kappa shape index (κ2) is 6.68. The van der Waals surface area contributed by atoms with Crippen molar-refractivity contribution in [3.63, 3.8) is 0 Å². The normalized spacial score (nSPS) is 28.3. The van der Waals surface area contributed by atoms with E-state index in [9.17, 15) is 0 Å². The van der Waals surface area contributed by atoms with E-state index in [1.165, 1.54) is 87.3 Å². The van der Waals surface area contributed by atoms with Crippen molar-refractivity contribution in [3.05, 3.63) is 30.0 Å². The Kier molecular flexibility index (Phi) is 4.21. The number of piperidine rings is 1. The van der Waals surface area contributed by atoms with Crippen LogP contribution in [0.3, 0.4) is 0 Å². The first-order chi connectivity index (χ1) is 12.4. The van der Waals surface area contributed by atoms with Crippen molar-refractivity contribution in [2.75, 3.05) is 13.1 Å². The molecule has 2 atom stereocenters. The van der Waals surface area contributed by atoms with E-state index in [1.807, 2.05) is 0 Å². The molecule has 3 heterocycles. The van der Waals surface area contributed by atoms with Crippen LogP contribution in [0.2, 0.25) is 0 Å². The SMILES string of the molecule is c1cc2[nH]cc([C@H]3CCN4CCC[C@@H]4C3)c2cc1OC1CCCCC1. The van der Waals surface area contributed by atoms with Gasteiger partial charge in [0.1, 0.15) is 5.75 Å². The predicted molar refractivity (Wildman–Crippen MR) is 102 cm³/mol. The number of nitrogens with zero attached hydrogens (tertiary/aromatic N) is 1. The first kappa shape index (κ1) is 15.7. The van der Waals surface area contributed by atoms with E-state index in [0.717, 1.165) is 11.8 Å². The van der Waals surface area contributed by atoms with Gasteiger partial charge in [-0.1, -0.05) is 6.42 Å². The summed E-state index contributed by atoms with van der Waals surface area (Å²) < 4.78 is 6.32. The van der Waals surface area contributed by atoms with Crippen LogP contribution in [-0.2, 0) is 0 Å². The van der Waals surface area contributed by atoms with E-state index in [4.69, 9.17) is 4.74 Å². The number of aromatic amines is 1. The van der Waals surface area contributed by atoms with Gasteiger partial charge in [0, 0.05) is 23.1 Å². The summed E-state index contributed by atoms with van der Waals surface area (Å²) in [4.78, 5) is 6.22. The maximum atomic E-state index is 6.32. The monoisotopic (exact) mass is 338 g/mol. The van der Waals surface area contributed by atoms with Crippen LogP contribution in [0.5, 0.6) is 5.75 Å². The van der Waals surface area contributed by atoms with Gasteiger partial charge in [-0.3, -0.25) is 0 Å². The predicted octanol–water partition coefficient (Wildman–Crippen LogP) is 5.22. The highest BCUT2D eigenvalue weighted by atomic mass is 16.5. The summed E-state index contributed by atoms with van der Waals surface area (Å²) in [7, 11) is 0.